The summed E-state index contributed by atoms with van der Waals surface area (Å²) >= 11 is 3.38. The van der Waals surface area contributed by atoms with Crippen molar-refractivity contribution in [2.75, 3.05) is 0 Å². The summed E-state index contributed by atoms with van der Waals surface area (Å²) in [4.78, 5) is 0. The summed E-state index contributed by atoms with van der Waals surface area (Å²) in [7, 11) is 0. The van der Waals surface area contributed by atoms with Crippen molar-refractivity contribution in [1.29, 1.82) is 0 Å². The van der Waals surface area contributed by atoms with Gasteiger partial charge in [-0.25, -0.2) is 4.39 Å². The Kier molecular flexibility index (Phi) is 5.60. The summed E-state index contributed by atoms with van der Waals surface area (Å²) in [5.74, 6) is 0.535. The van der Waals surface area contributed by atoms with Gasteiger partial charge in [0.2, 0.25) is 0 Å². The van der Waals surface area contributed by atoms with Crippen LogP contribution in [-0.4, -0.2) is 11.2 Å². The zero-order chi connectivity index (χ0) is 13.0. The molecule has 3 heteroatoms. The highest BCUT2D eigenvalue weighted by Crippen LogP contribution is 2.23. The summed E-state index contributed by atoms with van der Waals surface area (Å²) in [6.45, 7) is 6.32. The lowest BCUT2D eigenvalue weighted by Gasteiger charge is -2.21. The summed E-state index contributed by atoms with van der Waals surface area (Å²) in [5, 5.41) is 10.1. The summed E-state index contributed by atoms with van der Waals surface area (Å²) < 4.78 is 14.0. The third-order valence-electron chi connectivity index (χ3n) is 2.94. The fraction of sp³-hybridized carbons (Fsp3) is 0.571. The molecule has 1 N–H and O–H groups in total. The number of halogens is 2. The Labute approximate surface area is 111 Å². The Morgan fingerprint density at radius 1 is 1.29 bits per heavy atom. The number of rotatable bonds is 5. The molecule has 0 heterocycles. The third-order valence-corrected chi connectivity index (χ3v) is 3.71. The Morgan fingerprint density at radius 2 is 1.94 bits per heavy atom. The number of aliphatic hydroxyl groups is 1. The standard InChI is InChI=1S/C14H20BrFO/c1-9(2)6-10(3)14(17)8-11-7-12(16)4-5-13(11)15/h4-5,7,9-10,14,17H,6,8H2,1-3H3. The molecule has 0 spiro atoms. The molecule has 1 aromatic rings. The van der Waals surface area contributed by atoms with Crippen molar-refractivity contribution >= 4 is 15.9 Å². The lowest BCUT2D eigenvalue weighted by Crippen LogP contribution is -2.22. The molecule has 0 fully saturated rings. The molecule has 2 atom stereocenters. The van der Waals surface area contributed by atoms with Gasteiger partial charge >= 0.3 is 0 Å². The molecule has 0 aliphatic heterocycles. The molecule has 1 rings (SSSR count). The molecule has 0 aliphatic rings. The minimum Gasteiger partial charge on any atom is -0.393 e. The molecule has 17 heavy (non-hydrogen) atoms. The lowest BCUT2D eigenvalue weighted by molar-refractivity contribution is 0.105. The van der Waals surface area contributed by atoms with Crippen LogP contribution < -0.4 is 0 Å². The van der Waals surface area contributed by atoms with Crippen molar-refractivity contribution in [3.8, 4) is 0 Å². The Hall–Kier alpha value is -0.410. The van der Waals surface area contributed by atoms with Gasteiger partial charge in [0.1, 0.15) is 5.82 Å². The SMILES string of the molecule is CC(C)CC(C)C(O)Cc1cc(F)ccc1Br. The van der Waals surface area contributed by atoms with Crippen LogP contribution in [-0.2, 0) is 6.42 Å². The van der Waals surface area contributed by atoms with E-state index in [1.807, 2.05) is 6.92 Å². The van der Waals surface area contributed by atoms with E-state index in [1.54, 1.807) is 6.07 Å². The van der Waals surface area contributed by atoms with Gasteiger partial charge in [-0.1, -0.05) is 36.7 Å². The third kappa shape index (κ3) is 4.76. The van der Waals surface area contributed by atoms with Gasteiger partial charge in [0.25, 0.3) is 0 Å². The van der Waals surface area contributed by atoms with Crippen LogP contribution >= 0.6 is 15.9 Å². The molecule has 0 aliphatic carbocycles. The van der Waals surface area contributed by atoms with Crippen molar-refractivity contribution in [2.45, 2.75) is 39.7 Å². The smallest absolute Gasteiger partial charge is 0.123 e. The number of aliphatic hydroxyl groups excluding tert-OH is 1. The Bertz CT molecular complexity index is 365. The molecule has 96 valence electrons. The maximum Gasteiger partial charge on any atom is 0.123 e. The highest BCUT2D eigenvalue weighted by Gasteiger charge is 2.17. The van der Waals surface area contributed by atoms with Gasteiger partial charge in [0, 0.05) is 4.47 Å². The van der Waals surface area contributed by atoms with Crippen LogP contribution in [0.25, 0.3) is 0 Å². The zero-order valence-corrected chi connectivity index (χ0v) is 12.2. The maximum absolute atomic E-state index is 13.1. The monoisotopic (exact) mass is 302 g/mol. The molecule has 0 aromatic heterocycles. The summed E-state index contributed by atoms with van der Waals surface area (Å²) in [6.07, 6.45) is 1.05. The van der Waals surface area contributed by atoms with E-state index in [-0.39, 0.29) is 11.7 Å². The van der Waals surface area contributed by atoms with E-state index in [1.165, 1.54) is 12.1 Å². The van der Waals surface area contributed by atoms with Crippen molar-refractivity contribution in [3.05, 3.63) is 34.1 Å². The molecular weight excluding hydrogens is 283 g/mol. The van der Waals surface area contributed by atoms with Crippen LogP contribution in [0.15, 0.2) is 22.7 Å². The summed E-state index contributed by atoms with van der Waals surface area (Å²) in [5.41, 5.74) is 0.827. The van der Waals surface area contributed by atoms with E-state index in [0.29, 0.717) is 12.3 Å². The molecular formula is C14H20BrFO. The first kappa shape index (κ1) is 14.7. The average Bonchev–Trinajstić information content (AvgIpc) is 2.22. The lowest BCUT2D eigenvalue weighted by atomic mass is 9.90. The second kappa shape index (κ2) is 6.50. The Morgan fingerprint density at radius 3 is 2.53 bits per heavy atom. The van der Waals surface area contributed by atoms with E-state index in [2.05, 4.69) is 29.8 Å². The Balaban J connectivity index is 2.67. The second-order valence-electron chi connectivity index (χ2n) is 5.11. The normalized spacial score (nSPS) is 15.0. The maximum atomic E-state index is 13.1. The molecule has 0 radical (unpaired) electrons. The van der Waals surface area contributed by atoms with Gasteiger partial charge in [-0.3, -0.25) is 0 Å². The van der Waals surface area contributed by atoms with Gasteiger partial charge < -0.3 is 5.11 Å². The van der Waals surface area contributed by atoms with Crippen LogP contribution in [0.1, 0.15) is 32.8 Å². The van der Waals surface area contributed by atoms with Gasteiger partial charge in [-0.15, -0.1) is 0 Å². The predicted octanol–water partition coefficient (Wildman–Crippen LogP) is 4.17. The molecule has 0 bridgehead atoms. The first-order chi connectivity index (χ1) is 7.90. The van der Waals surface area contributed by atoms with E-state index < -0.39 is 6.10 Å². The van der Waals surface area contributed by atoms with Crippen LogP contribution in [0, 0.1) is 17.7 Å². The topological polar surface area (TPSA) is 20.2 Å². The first-order valence-corrected chi connectivity index (χ1v) is 6.81. The average molecular weight is 303 g/mol. The van der Waals surface area contributed by atoms with Crippen molar-refractivity contribution in [2.24, 2.45) is 11.8 Å². The molecule has 0 saturated heterocycles. The van der Waals surface area contributed by atoms with Crippen molar-refractivity contribution in [3.63, 3.8) is 0 Å². The van der Waals surface area contributed by atoms with Crippen LogP contribution in [0.3, 0.4) is 0 Å². The van der Waals surface area contributed by atoms with Crippen LogP contribution in [0.5, 0.6) is 0 Å². The fourth-order valence-electron chi connectivity index (χ4n) is 2.03. The van der Waals surface area contributed by atoms with Crippen molar-refractivity contribution in [1.82, 2.24) is 0 Å². The number of hydrogen-bond acceptors (Lipinski definition) is 1. The molecule has 0 amide bonds. The van der Waals surface area contributed by atoms with E-state index >= 15 is 0 Å². The van der Waals surface area contributed by atoms with Gasteiger partial charge in [0.15, 0.2) is 0 Å². The quantitative estimate of drug-likeness (QED) is 0.865. The first-order valence-electron chi connectivity index (χ1n) is 6.02. The van der Waals surface area contributed by atoms with E-state index in [0.717, 1.165) is 16.5 Å². The largest absolute Gasteiger partial charge is 0.393 e. The molecule has 0 saturated carbocycles. The predicted molar refractivity (Wildman–Crippen MR) is 72.4 cm³/mol. The summed E-state index contributed by atoms with van der Waals surface area (Å²) in [6, 6.07) is 4.58. The molecule has 1 aromatic carbocycles. The van der Waals surface area contributed by atoms with Crippen LogP contribution in [0.2, 0.25) is 0 Å². The van der Waals surface area contributed by atoms with Crippen LogP contribution in [0.4, 0.5) is 4.39 Å². The molecule has 2 unspecified atom stereocenters. The second-order valence-corrected chi connectivity index (χ2v) is 5.97. The van der Waals surface area contributed by atoms with Gasteiger partial charge in [0.05, 0.1) is 6.10 Å². The highest BCUT2D eigenvalue weighted by molar-refractivity contribution is 9.10. The number of hydrogen-bond donors (Lipinski definition) is 1. The van der Waals surface area contributed by atoms with Gasteiger partial charge in [-0.2, -0.15) is 0 Å². The minimum absolute atomic E-state index is 0.227. The fourth-order valence-corrected chi connectivity index (χ4v) is 2.44. The minimum atomic E-state index is -0.421. The highest BCUT2D eigenvalue weighted by atomic mass is 79.9. The zero-order valence-electron chi connectivity index (χ0n) is 10.6. The molecule has 1 nitrogen and oxygen atoms in total. The van der Waals surface area contributed by atoms with Crippen molar-refractivity contribution < 1.29 is 9.50 Å². The number of benzene rings is 1. The van der Waals surface area contributed by atoms with E-state index in [4.69, 9.17) is 0 Å². The van der Waals surface area contributed by atoms with E-state index in [9.17, 15) is 9.50 Å². The van der Waals surface area contributed by atoms with Gasteiger partial charge in [-0.05, 0) is 48.4 Å².